The van der Waals surface area contributed by atoms with Crippen LogP contribution in [0.15, 0.2) is 18.2 Å². The molecule has 1 aromatic rings. The monoisotopic (exact) mass is 295 g/mol. The van der Waals surface area contributed by atoms with Gasteiger partial charge in [-0.15, -0.1) is 13.2 Å². The Balaban J connectivity index is 2.94. The molecule has 1 aromatic carbocycles. The average Bonchev–Trinajstić information content (AvgIpc) is 2.37. The molecule has 0 heterocycles. The Bertz CT molecular complexity index is 491. The van der Waals surface area contributed by atoms with Crippen LogP contribution in [0.2, 0.25) is 0 Å². The van der Waals surface area contributed by atoms with Crippen molar-refractivity contribution in [2.24, 2.45) is 0 Å². The smallest absolute Gasteiger partial charge is 0.467 e. The number of anilines is 1. The van der Waals surface area contributed by atoms with Gasteiger partial charge in [-0.3, -0.25) is 0 Å². The van der Waals surface area contributed by atoms with Gasteiger partial charge in [-0.05, 0) is 17.7 Å². The summed E-state index contributed by atoms with van der Waals surface area (Å²) in [6.45, 7) is 0. The number of nitrogen functional groups attached to an aromatic ring is 1. The molecule has 0 amide bonds. The van der Waals surface area contributed by atoms with Crippen molar-refractivity contribution in [3.8, 4) is 5.75 Å². The molecule has 9 heteroatoms. The Morgan fingerprint density at radius 3 is 2.40 bits per heavy atom. The highest BCUT2D eigenvalue weighted by Crippen LogP contribution is 2.31. The normalized spacial score (nSPS) is 14.5. The number of carbonyl (C=O) groups excluding carboxylic acids is 1. The molecule has 2 atom stereocenters. The van der Waals surface area contributed by atoms with E-state index >= 15 is 0 Å². The Kier molecular flexibility index (Phi) is 4.79. The van der Waals surface area contributed by atoms with Gasteiger partial charge in [0.15, 0.2) is 11.9 Å². The van der Waals surface area contributed by atoms with E-state index < -0.39 is 36.0 Å². The third kappa shape index (κ3) is 4.00. The van der Waals surface area contributed by atoms with E-state index in [0.717, 1.165) is 25.3 Å². The van der Waals surface area contributed by atoms with Crippen molar-refractivity contribution in [3.63, 3.8) is 0 Å². The lowest BCUT2D eigenvalue weighted by molar-refractivity contribution is -0.274. The first-order valence-electron chi connectivity index (χ1n) is 5.25. The predicted octanol–water partition coefficient (Wildman–Crippen LogP) is 0.735. The van der Waals surface area contributed by atoms with Crippen LogP contribution in [0.1, 0.15) is 11.7 Å². The molecule has 0 aromatic heterocycles. The summed E-state index contributed by atoms with van der Waals surface area (Å²) >= 11 is 0. The molecule has 6 nitrogen and oxygen atoms in total. The minimum Gasteiger partial charge on any atom is -0.467 e. The number of rotatable bonds is 4. The number of hydrogen-bond acceptors (Lipinski definition) is 6. The first-order valence-corrected chi connectivity index (χ1v) is 5.25. The fourth-order valence-corrected chi connectivity index (χ4v) is 1.40. The first-order chi connectivity index (χ1) is 9.15. The zero-order valence-electron chi connectivity index (χ0n) is 10.2. The first kappa shape index (κ1) is 16.1. The number of carbonyl (C=O) groups is 1. The van der Waals surface area contributed by atoms with Crippen molar-refractivity contribution in [3.05, 3.63) is 23.8 Å². The number of hydrogen-bond donors (Lipinski definition) is 3. The largest absolute Gasteiger partial charge is 0.573 e. The lowest BCUT2D eigenvalue weighted by Crippen LogP contribution is -2.29. The zero-order chi connectivity index (χ0) is 15.5. The molecule has 0 aliphatic heterocycles. The summed E-state index contributed by atoms with van der Waals surface area (Å²) < 4.78 is 44.0. The van der Waals surface area contributed by atoms with Gasteiger partial charge in [0.1, 0.15) is 6.10 Å². The second kappa shape index (κ2) is 5.97. The van der Waals surface area contributed by atoms with Crippen LogP contribution in [0.3, 0.4) is 0 Å². The van der Waals surface area contributed by atoms with Crippen LogP contribution in [0, 0.1) is 0 Å². The summed E-state index contributed by atoms with van der Waals surface area (Å²) in [5, 5.41) is 19.1. The molecule has 0 saturated heterocycles. The molecule has 0 fully saturated rings. The fourth-order valence-electron chi connectivity index (χ4n) is 1.40. The SMILES string of the molecule is COC(=O)C(O)C(O)c1ccc(OC(F)(F)F)c(N)c1. The van der Waals surface area contributed by atoms with E-state index in [4.69, 9.17) is 5.73 Å². The van der Waals surface area contributed by atoms with E-state index in [-0.39, 0.29) is 5.56 Å². The quantitative estimate of drug-likeness (QED) is 0.559. The Morgan fingerprint density at radius 2 is 1.95 bits per heavy atom. The maximum absolute atomic E-state index is 12.0. The number of ether oxygens (including phenoxy) is 2. The molecule has 0 saturated carbocycles. The summed E-state index contributed by atoms with van der Waals surface area (Å²) in [4.78, 5) is 11.0. The highest BCUT2D eigenvalue weighted by molar-refractivity contribution is 5.75. The second-order valence-electron chi connectivity index (χ2n) is 3.76. The highest BCUT2D eigenvalue weighted by Gasteiger charge is 2.32. The molecule has 20 heavy (non-hydrogen) atoms. The summed E-state index contributed by atoms with van der Waals surface area (Å²) in [6, 6.07) is 2.86. The average molecular weight is 295 g/mol. The number of benzene rings is 1. The molecule has 4 N–H and O–H groups in total. The van der Waals surface area contributed by atoms with Gasteiger partial charge in [-0.2, -0.15) is 0 Å². The molecule has 0 spiro atoms. The van der Waals surface area contributed by atoms with Gasteiger partial charge in [-0.1, -0.05) is 6.07 Å². The summed E-state index contributed by atoms with van der Waals surface area (Å²) in [5.41, 5.74) is 4.87. The van der Waals surface area contributed by atoms with E-state index in [9.17, 15) is 28.2 Å². The number of methoxy groups -OCH3 is 1. The van der Waals surface area contributed by atoms with Crippen molar-refractivity contribution in [2.45, 2.75) is 18.6 Å². The van der Waals surface area contributed by atoms with Gasteiger partial charge in [0.05, 0.1) is 12.8 Å². The van der Waals surface area contributed by atoms with Gasteiger partial charge in [0.2, 0.25) is 0 Å². The second-order valence-corrected chi connectivity index (χ2v) is 3.76. The maximum atomic E-state index is 12.0. The Hall–Kier alpha value is -2.00. The van der Waals surface area contributed by atoms with E-state index in [0.29, 0.717) is 0 Å². The van der Waals surface area contributed by atoms with Gasteiger partial charge in [-0.25, -0.2) is 4.79 Å². The number of esters is 1. The Labute approximate surface area is 111 Å². The standard InChI is InChI=1S/C11H12F3NO5/c1-19-10(18)9(17)8(16)5-2-3-7(6(15)4-5)20-11(12,13)14/h2-4,8-9,16-17H,15H2,1H3. The Morgan fingerprint density at radius 1 is 1.35 bits per heavy atom. The van der Waals surface area contributed by atoms with Crippen molar-refractivity contribution in [1.29, 1.82) is 0 Å². The third-order valence-electron chi connectivity index (χ3n) is 2.34. The van der Waals surface area contributed by atoms with Crippen LogP contribution in [0.5, 0.6) is 5.75 Å². The number of aliphatic hydroxyl groups is 2. The molecule has 0 radical (unpaired) electrons. The minimum atomic E-state index is -4.90. The molecular weight excluding hydrogens is 283 g/mol. The molecule has 1 rings (SSSR count). The van der Waals surface area contributed by atoms with Crippen LogP contribution in [-0.2, 0) is 9.53 Å². The fraction of sp³-hybridized carbons (Fsp3) is 0.364. The molecule has 0 aliphatic carbocycles. The van der Waals surface area contributed by atoms with E-state index in [1.54, 1.807) is 0 Å². The third-order valence-corrected chi connectivity index (χ3v) is 2.34. The van der Waals surface area contributed by atoms with E-state index in [1.165, 1.54) is 0 Å². The molecular formula is C11H12F3NO5. The number of aliphatic hydroxyl groups excluding tert-OH is 2. The molecule has 112 valence electrons. The van der Waals surface area contributed by atoms with Gasteiger partial charge in [0.25, 0.3) is 0 Å². The molecule has 0 aliphatic rings. The topological polar surface area (TPSA) is 102 Å². The van der Waals surface area contributed by atoms with Gasteiger partial charge >= 0.3 is 12.3 Å². The molecule has 2 unspecified atom stereocenters. The van der Waals surface area contributed by atoms with E-state index in [2.05, 4.69) is 9.47 Å². The number of nitrogens with two attached hydrogens (primary N) is 1. The van der Waals surface area contributed by atoms with Crippen LogP contribution in [0.4, 0.5) is 18.9 Å². The highest BCUT2D eigenvalue weighted by atomic mass is 19.4. The lowest BCUT2D eigenvalue weighted by Gasteiger charge is -2.17. The lowest BCUT2D eigenvalue weighted by atomic mass is 10.0. The summed E-state index contributed by atoms with van der Waals surface area (Å²) in [7, 11) is 1.01. The predicted molar refractivity (Wildman–Crippen MR) is 60.5 cm³/mol. The number of alkyl halides is 3. The number of halogens is 3. The van der Waals surface area contributed by atoms with Crippen molar-refractivity contribution in [1.82, 2.24) is 0 Å². The van der Waals surface area contributed by atoms with Crippen LogP contribution >= 0.6 is 0 Å². The summed E-state index contributed by atoms with van der Waals surface area (Å²) in [5.74, 6) is -1.74. The van der Waals surface area contributed by atoms with E-state index in [1.807, 2.05) is 0 Å². The van der Waals surface area contributed by atoms with Crippen LogP contribution in [-0.4, -0.2) is 35.8 Å². The van der Waals surface area contributed by atoms with Crippen LogP contribution < -0.4 is 10.5 Å². The summed E-state index contributed by atoms with van der Waals surface area (Å²) in [6.07, 6.45) is -8.47. The van der Waals surface area contributed by atoms with Gasteiger partial charge < -0.3 is 25.4 Å². The van der Waals surface area contributed by atoms with Crippen molar-refractivity contribution < 1.29 is 37.7 Å². The molecule has 0 bridgehead atoms. The maximum Gasteiger partial charge on any atom is 0.573 e. The van der Waals surface area contributed by atoms with Gasteiger partial charge in [0, 0.05) is 0 Å². The zero-order valence-corrected chi connectivity index (χ0v) is 10.2. The van der Waals surface area contributed by atoms with Crippen molar-refractivity contribution >= 4 is 11.7 Å². The van der Waals surface area contributed by atoms with Crippen LogP contribution in [0.25, 0.3) is 0 Å². The van der Waals surface area contributed by atoms with Crippen molar-refractivity contribution in [2.75, 3.05) is 12.8 Å². The minimum absolute atomic E-state index is 0.0603.